The molecule has 0 amide bonds. The number of carbonyl (C=O) groups is 1. The third-order valence-electron chi connectivity index (χ3n) is 1.28. The average Bonchev–Trinajstić information content (AvgIpc) is 2.14. The fourth-order valence-corrected chi connectivity index (χ4v) is 1.42. The van der Waals surface area contributed by atoms with E-state index >= 15 is 0 Å². The SMILES string of the molecule is COC(=O)CSc1ccnc(F)c1. The molecular weight excluding hydrogens is 193 g/mol. The lowest BCUT2D eigenvalue weighted by atomic mass is 10.5. The molecule has 1 aromatic rings. The number of aromatic nitrogens is 1. The molecule has 13 heavy (non-hydrogen) atoms. The first kappa shape index (κ1) is 9.98. The maximum absolute atomic E-state index is 12.5. The molecule has 0 radical (unpaired) electrons. The zero-order valence-corrected chi connectivity index (χ0v) is 7.81. The molecule has 70 valence electrons. The summed E-state index contributed by atoms with van der Waals surface area (Å²) in [6.07, 6.45) is 1.36. The van der Waals surface area contributed by atoms with Gasteiger partial charge in [-0.2, -0.15) is 4.39 Å². The van der Waals surface area contributed by atoms with Gasteiger partial charge in [-0.3, -0.25) is 4.79 Å². The van der Waals surface area contributed by atoms with Gasteiger partial charge >= 0.3 is 5.97 Å². The number of esters is 1. The molecule has 0 aliphatic rings. The largest absolute Gasteiger partial charge is 0.468 e. The van der Waals surface area contributed by atoms with Gasteiger partial charge in [0.2, 0.25) is 5.95 Å². The Bertz CT molecular complexity index is 306. The van der Waals surface area contributed by atoms with Crippen LogP contribution in [0.25, 0.3) is 0 Å². The number of carbonyl (C=O) groups excluding carboxylic acids is 1. The molecule has 0 saturated heterocycles. The molecular formula is C8H8FNO2S. The highest BCUT2D eigenvalue weighted by Crippen LogP contribution is 2.17. The van der Waals surface area contributed by atoms with E-state index in [2.05, 4.69) is 9.72 Å². The van der Waals surface area contributed by atoms with Gasteiger partial charge in [-0.1, -0.05) is 0 Å². The van der Waals surface area contributed by atoms with Crippen LogP contribution in [0.3, 0.4) is 0 Å². The molecule has 1 aromatic heterocycles. The molecule has 0 aromatic carbocycles. The minimum atomic E-state index is -0.546. The lowest BCUT2D eigenvalue weighted by Gasteiger charge is -1.99. The second kappa shape index (κ2) is 4.81. The lowest BCUT2D eigenvalue weighted by Crippen LogP contribution is -2.02. The first-order chi connectivity index (χ1) is 6.22. The summed E-state index contributed by atoms with van der Waals surface area (Å²) in [6.45, 7) is 0. The van der Waals surface area contributed by atoms with E-state index in [0.717, 1.165) is 0 Å². The van der Waals surface area contributed by atoms with Crippen LogP contribution in [-0.4, -0.2) is 23.8 Å². The van der Waals surface area contributed by atoms with Gasteiger partial charge in [0.1, 0.15) is 0 Å². The van der Waals surface area contributed by atoms with E-state index < -0.39 is 5.95 Å². The van der Waals surface area contributed by atoms with Crippen molar-refractivity contribution < 1.29 is 13.9 Å². The highest BCUT2D eigenvalue weighted by molar-refractivity contribution is 8.00. The molecule has 0 aliphatic heterocycles. The second-order valence-corrected chi connectivity index (χ2v) is 3.23. The molecule has 1 rings (SSSR count). The number of hydrogen-bond donors (Lipinski definition) is 0. The van der Waals surface area contributed by atoms with E-state index in [1.165, 1.54) is 31.1 Å². The highest BCUT2D eigenvalue weighted by atomic mass is 32.2. The first-order valence-electron chi connectivity index (χ1n) is 3.53. The monoisotopic (exact) mass is 201 g/mol. The minimum absolute atomic E-state index is 0.181. The fraction of sp³-hybridized carbons (Fsp3) is 0.250. The number of halogens is 1. The maximum Gasteiger partial charge on any atom is 0.315 e. The lowest BCUT2D eigenvalue weighted by molar-refractivity contribution is -0.137. The van der Waals surface area contributed by atoms with Gasteiger partial charge in [0.15, 0.2) is 0 Å². The summed E-state index contributed by atoms with van der Waals surface area (Å²) in [6, 6.07) is 2.91. The van der Waals surface area contributed by atoms with Gasteiger partial charge in [0.05, 0.1) is 12.9 Å². The topological polar surface area (TPSA) is 39.2 Å². The molecule has 0 bridgehead atoms. The van der Waals surface area contributed by atoms with Crippen molar-refractivity contribution in [2.24, 2.45) is 0 Å². The van der Waals surface area contributed by atoms with Crippen LogP contribution in [-0.2, 0) is 9.53 Å². The third-order valence-corrected chi connectivity index (χ3v) is 2.25. The summed E-state index contributed by atoms with van der Waals surface area (Å²) >= 11 is 1.21. The Labute approximate surface area is 79.3 Å². The van der Waals surface area contributed by atoms with Gasteiger partial charge < -0.3 is 4.74 Å². The standard InChI is InChI=1S/C8H8FNO2S/c1-12-8(11)5-13-6-2-3-10-7(9)4-6/h2-4H,5H2,1H3. The molecule has 0 N–H and O–H groups in total. The molecule has 0 unspecified atom stereocenters. The van der Waals surface area contributed by atoms with E-state index in [0.29, 0.717) is 4.90 Å². The molecule has 0 spiro atoms. The zero-order valence-electron chi connectivity index (χ0n) is 6.99. The van der Waals surface area contributed by atoms with Crippen molar-refractivity contribution in [1.82, 2.24) is 4.98 Å². The number of methoxy groups -OCH3 is 1. The summed E-state index contributed by atoms with van der Waals surface area (Å²) in [5, 5.41) is 0. The fourth-order valence-electron chi connectivity index (χ4n) is 0.676. The molecule has 0 aliphatic carbocycles. The summed E-state index contributed by atoms with van der Waals surface area (Å²) in [7, 11) is 1.32. The molecule has 0 saturated carbocycles. The van der Waals surface area contributed by atoms with Crippen LogP contribution >= 0.6 is 11.8 Å². The van der Waals surface area contributed by atoms with E-state index in [4.69, 9.17) is 0 Å². The summed E-state index contributed by atoms with van der Waals surface area (Å²) < 4.78 is 17.0. The number of pyridine rings is 1. The van der Waals surface area contributed by atoms with Crippen LogP contribution in [0, 0.1) is 5.95 Å². The van der Waals surface area contributed by atoms with Crippen LogP contribution in [0.5, 0.6) is 0 Å². The van der Waals surface area contributed by atoms with Crippen LogP contribution in [0.1, 0.15) is 0 Å². The van der Waals surface area contributed by atoms with Crippen LogP contribution in [0.2, 0.25) is 0 Å². The zero-order chi connectivity index (χ0) is 9.68. The maximum atomic E-state index is 12.5. The van der Waals surface area contributed by atoms with E-state index in [1.54, 1.807) is 6.07 Å². The predicted molar refractivity (Wildman–Crippen MR) is 46.9 cm³/mol. The Kier molecular flexibility index (Phi) is 3.70. The van der Waals surface area contributed by atoms with E-state index in [1.807, 2.05) is 0 Å². The predicted octanol–water partition coefficient (Wildman–Crippen LogP) is 1.49. The summed E-state index contributed by atoms with van der Waals surface area (Å²) in [5.41, 5.74) is 0. The number of nitrogens with zero attached hydrogens (tertiary/aromatic N) is 1. The summed E-state index contributed by atoms with van der Waals surface area (Å²) in [4.78, 5) is 14.8. The van der Waals surface area contributed by atoms with Gasteiger partial charge in [0, 0.05) is 17.2 Å². The van der Waals surface area contributed by atoms with Gasteiger partial charge in [-0.05, 0) is 6.07 Å². The normalized spacial score (nSPS) is 9.69. The Morgan fingerprint density at radius 3 is 3.15 bits per heavy atom. The third kappa shape index (κ3) is 3.42. The number of thioether (sulfide) groups is 1. The second-order valence-electron chi connectivity index (χ2n) is 2.18. The Morgan fingerprint density at radius 2 is 2.54 bits per heavy atom. The van der Waals surface area contributed by atoms with E-state index in [9.17, 15) is 9.18 Å². The van der Waals surface area contributed by atoms with Crippen LogP contribution < -0.4 is 0 Å². The van der Waals surface area contributed by atoms with Crippen molar-refractivity contribution in [2.75, 3.05) is 12.9 Å². The van der Waals surface area contributed by atoms with Gasteiger partial charge in [0.25, 0.3) is 0 Å². The molecule has 0 fully saturated rings. The molecule has 0 atom stereocenters. The summed E-state index contributed by atoms with van der Waals surface area (Å²) in [5.74, 6) is -0.697. The van der Waals surface area contributed by atoms with Crippen molar-refractivity contribution in [2.45, 2.75) is 4.90 Å². The van der Waals surface area contributed by atoms with Gasteiger partial charge in [-0.15, -0.1) is 11.8 Å². The van der Waals surface area contributed by atoms with Crippen LogP contribution in [0.4, 0.5) is 4.39 Å². The van der Waals surface area contributed by atoms with Gasteiger partial charge in [-0.25, -0.2) is 4.98 Å². The number of rotatable bonds is 3. The molecule has 3 nitrogen and oxygen atoms in total. The molecule has 5 heteroatoms. The quantitative estimate of drug-likeness (QED) is 0.422. The Morgan fingerprint density at radius 1 is 1.77 bits per heavy atom. The molecule has 1 heterocycles. The van der Waals surface area contributed by atoms with Crippen molar-refractivity contribution in [3.05, 3.63) is 24.3 Å². The van der Waals surface area contributed by atoms with Crippen LogP contribution in [0.15, 0.2) is 23.2 Å². The van der Waals surface area contributed by atoms with Crippen molar-refractivity contribution >= 4 is 17.7 Å². The first-order valence-corrected chi connectivity index (χ1v) is 4.52. The van der Waals surface area contributed by atoms with Crippen molar-refractivity contribution in [3.8, 4) is 0 Å². The van der Waals surface area contributed by atoms with E-state index in [-0.39, 0.29) is 11.7 Å². The average molecular weight is 201 g/mol. The Balaban J connectivity index is 2.50. The highest BCUT2D eigenvalue weighted by Gasteiger charge is 2.02. The number of hydrogen-bond acceptors (Lipinski definition) is 4. The smallest absolute Gasteiger partial charge is 0.315 e. The van der Waals surface area contributed by atoms with Crippen molar-refractivity contribution in [3.63, 3.8) is 0 Å². The minimum Gasteiger partial charge on any atom is -0.468 e. The number of ether oxygens (including phenoxy) is 1. The van der Waals surface area contributed by atoms with Crippen molar-refractivity contribution in [1.29, 1.82) is 0 Å². The Hall–Kier alpha value is -1.10.